The minimum atomic E-state index is -0.424. The first kappa shape index (κ1) is 22.4. The zero-order chi connectivity index (χ0) is 23.8. The van der Waals surface area contributed by atoms with Crippen LogP contribution < -0.4 is 0 Å². The van der Waals surface area contributed by atoms with Gasteiger partial charge in [0.15, 0.2) is 0 Å². The number of Topliss-reactive ketones (excluding diaryl/α,β-unsaturated/α-hetero) is 1. The molecule has 3 nitrogen and oxygen atoms in total. The molecule has 5 saturated carbocycles. The molecule has 3 heteroatoms. The van der Waals surface area contributed by atoms with Gasteiger partial charge in [0.1, 0.15) is 11.4 Å². The third-order valence-electron chi connectivity index (χ3n) is 13.6. The van der Waals surface area contributed by atoms with Crippen molar-refractivity contribution in [1.29, 1.82) is 0 Å². The SMILES string of the molecule is C=C(C)[C@]12CC[C@@]3(CC[C@]4(C)[C@H](CC[C@@H]5[C@@]6(C)CCC(=O)C(C)(C)[C@@H]6CC[C@]54C)[C@H]31)C(=O)O2. The molecule has 6 aliphatic rings. The number of hydrogen-bond donors (Lipinski definition) is 0. The van der Waals surface area contributed by atoms with Gasteiger partial charge in [0, 0.05) is 17.8 Å². The molecule has 0 N–H and O–H groups in total. The summed E-state index contributed by atoms with van der Waals surface area (Å²) in [6.45, 7) is 18.7. The minimum Gasteiger partial charge on any atom is -0.454 e. The van der Waals surface area contributed by atoms with Gasteiger partial charge in [-0.3, -0.25) is 9.59 Å². The summed E-state index contributed by atoms with van der Waals surface area (Å²) in [5.74, 6) is 2.54. The molecule has 6 fully saturated rings. The van der Waals surface area contributed by atoms with E-state index >= 15 is 0 Å². The lowest BCUT2D eigenvalue weighted by atomic mass is 9.32. The number of fused-ring (bicyclic) bond motifs is 5. The molecule has 0 aromatic heterocycles. The molecule has 0 amide bonds. The number of ether oxygens (including phenoxy) is 1. The highest BCUT2D eigenvalue weighted by molar-refractivity contribution is 5.85. The molecule has 0 spiro atoms. The van der Waals surface area contributed by atoms with Gasteiger partial charge in [-0.1, -0.05) is 41.2 Å². The Kier molecular flexibility index (Phi) is 4.17. The van der Waals surface area contributed by atoms with E-state index in [1.807, 2.05) is 0 Å². The molecule has 182 valence electrons. The fraction of sp³-hybridized carbons (Fsp3) is 0.867. The molecule has 1 aliphatic heterocycles. The maximum Gasteiger partial charge on any atom is 0.313 e. The Labute approximate surface area is 200 Å². The van der Waals surface area contributed by atoms with Crippen molar-refractivity contribution in [2.75, 3.05) is 0 Å². The number of hydrogen-bond acceptors (Lipinski definition) is 3. The number of carbonyl (C=O) groups excluding carboxylic acids is 2. The summed E-state index contributed by atoms with van der Waals surface area (Å²) in [5, 5.41) is 0. The van der Waals surface area contributed by atoms with Gasteiger partial charge in [-0.2, -0.15) is 0 Å². The minimum absolute atomic E-state index is 0.0827. The van der Waals surface area contributed by atoms with Gasteiger partial charge in [-0.05, 0) is 104 Å². The van der Waals surface area contributed by atoms with Crippen LogP contribution in [-0.4, -0.2) is 17.4 Å². The normalized spacial score (nSPS) is 56.3. The van der Waals surface area contributed by atoms with Crippen LogP contribution in [0.3, 0.4) is 0 Å². The lowest BCUT2D eigenvalue weighted by Gasteiger charge is -2.71. The number of rotatable bonds is 1. The number of ketones is 1. The standard InChI is InChI=1S/C30H44O3/c1-18(2)30-17-16-29(24(32)33-30)15-14-27(6)19(23(29)30)8-9-21-26(5)12-11-22(31)25(3,4)20(26)10-13-28(21,27)7/h19-21,23H,1,8-17H2,2-7H3/t19-,20+,21-,23-,26+,27-,28-,29-,30-/m1/s1. The highest BCUT2D eigenvalue weighted by Gasteiger charge is 2.78. The van der Waals surface area contributed by atoms with Crippen molar-refractivity contribution in [3.63, 3.8) is 0 Å². The van der Waals surface area contributed by atoms with Crippen molar-refractivity contribution in [2.24, 2.45) is 50.7 Å². The predicted molar refractivity (Wildman–Crippen MR) is 129 cm³/mol. The summed E-state index contributed by atoms with van der Waals surface area (Å²) in [6.07, 6.45) is 10.7. The molecule has 0 aromatic carbocycles. The Hall–Kier alpha value is -1.12. The molecule has 2 bridgehead atoms. The van der Waals surface area contributed by atoms with Crippen LogP contribution in [0.5, 0.6) is 0 Å². The van der Waals surface area contributed by atoms with Gasteiger partial charge in [-0.15, -0.1) is 0 Å². The average Bonchev–Trinajstić information content (AvgIpc) is 3.21. The van der Waals surface area contributed by atoms with E-state index in [0.717, 1.165) is 44.1 Å². The summed E-state index contributed by atoms with van der Waals surface area (Å²) in [4.78, 5) is 26.2. The lowest BCUT2D eigenvalue weighted by molar-refractivity contribution is -0.230. The maximum atomic E-state index is 13.3. The van der Waals surface area contributed by atoms with E-state index in [0.29, 0.717) is 29.5 Å². The van der Waals surface area contributed by atoms with Crippen molar-refractivity contribution in [3.8, 4) is 0 Å². The molecule has 1 saturated heterocycles. The van der Waals surface area contributed by atoms with Crippen molar-refractivity contribution in [2.45, 2.75) is 111 Å². The van der Waals surface area contributed by atoms with Crippen LogP contribution in [-0.2, 0) is 14.3 Å². The van der Waals surface area contributed by atoms with Gasteiger partial charge < -0.3 is 4.74 Å². The molecule has 0 aromatic rings. The Morgan fingerprint density at radius 3 is 2.21 bits per heavy atom. The fourth-order valence-electron chi connectivity index (χ4n) is 11.7. The fourth-order valence-corrected chi connectivity index (χ4v) is 11.7. The van der Waals surface area contributed by atoms with Crippen LogP contribution in [0, 0.1) is 50.7 Å². The molecule has 9 atom stereocenters. The highest BCUT2D eigenvalue weighted by Crippen LogP contribution is 2.79. The Bertz CT molecular complexity index is 964. The van der Waals surface area contributed by atoms with Crippen LogP contribution in [0.25, 0.3) is 0 Å². The highest BCUT2D eigenvalue weighted by atomic mass is 16.6. The summed E-state index contributed by atoms with van der Waals surface area (Å²) in [6, 6.07) is 0. The number of carbonyl (C=O) groups is 2. The molecular formula is C30H44O3. The third kappa shape index (κ3) is 2.21. The van der Waals surface area contributed by atoms with Gasteiger partial charge in [-0.25, -0.2) is 0 Å². The first-order valence-corrected chi connectivity index (χ1v) is 13.7. The van der Waals surface area contributed by atoms with E-state index in [1.165, 1.54) is 25.7 Å². The van der Waals surface area contributed by atoms with E-state index in [1.54, 1.807) is 0 Å². The van der Waals surface area contributed by atoms with E-state index in [4.69, 9.17) is 4.74 Å². The monoisotopic (exact) mass is 452 g/mol. The maximum absolute atomic E-state index is 13.3. The first-order valence-electron chi connectivity index (χ1n) is 13.7. The Balaban J connectivity index is 1.43. The second-order valence-electron chi connectivity index (χ2n) is 14.5. The van der Waals surface area contributed by atoms with Crippen molar-refractivity contribution >= 4 is 11.8 Å². The largest absolute Gasteiger partial charge is 0.454 e. The molecular weight excluding hydrogens is 408 g/mol. The van der Waals surface area contributed by atoms with E-state index in [2.05, 4.69) is 48.1 Å². The van der Waals surface area contributed by atoms with Crippen LogP contribution in [0.4, 0.5) is 0 Å². The predicted octanol–water partition coefficient (Wildman–Crippen LogP) is 6.89. The molecule has 5 aliphatic carbocycles. The zero-order valence-corrected chi connectivity index (χ0v) is 21.8. The van der Waals surface area contributed by atoms with E-state index in [-0.39, 0.29) is 33.0 Å². The van der Waals surface area contributed by atoms with Crippen molar-refractivity contribution in [3.05, 3.63) is 12.2 Å². The average molecular weight is 453 g/mol. The summed E-state index contributed by atoms with van der Waals surface area (Å²) < 4.78 is 6.28. The van der Waals surface area contributed by atoms with Gasteiger partial charge in [0.05, 0.1) is 5.41 Å². The molecule has 33 heavy (non-hydrogen) atoms. The van der Waals surface area contributed by atoms with E-state index in [9.17, 15) is 9.59 Å². The lowest BCUT2D eigenvalue weighted by Crippen LogP contribution is -2.66. The summed E-state index contributed by atoms with van der Waals surface area (Å²) in [5.41, 5.74) is 0.890. The first-order chi connectivity index (χ1) is 15.3. The Morgan fingerprint density at radius 2 is 1.55 bits per heavy atom. The van der Waals surface area contributed by atoms with Crippen LogP contribution >= 0.6 is 0 Å². The molecule has 0 unspecified atom stereocenters. The topological polar surface area (TPSA) is 43.4 Å². The summed E-state index contributed by atoms with van der Waals surface area (Å²) >= 11 is 0. The van der Waals surface area contributed by atoms with Crippen molar-refractivity contribution < 1.29 is 14.3 Å². The molecule has 6 rings (SSSR count). The third-order valence-corrected chi connectivity index (χ3v) is 13.6. The second-order valence-corrected chi connectivity index (χ2v) is 14.5. The molecule has 0 radical (unpaired) electrons. The Morgan fingerprint density at radius 1 is 0.848 bits per heavy atom. The van der Waals surface area contributed by atoms with Crippen LogP contribution in [0.1, 0.15) is 106 Å². The quantitative estimate of drug-likeness (QED) is 0.321. The van der Waals surface area contributed by atoms with Crippen molar-refractivity contribution in [1.82, 2.24) is 0 Å². The van der Waals surface area contributed by atoms with Gasteiger partial charge in [0.2, 0.25) is 0 Å². The van der Waals surface area contributed by atoms with Crippen LogP contribution in [0.15, 0.2) is 12.2 Å². The smallest absolute Gasteiger partial charge is 0.313 e. The van der Waals surface area contributed by atoms with Crippen LogP contribution in [0.2, 0.25) is 0 Å². The molecule has 1 heterocycles. The van der Waals surface area contributed by atoms with Gasteiger partial charge in [0.25, 0.3) is 0 Å². The zero-order valence-electron chi connectivity index (χ0n) is 21.8. The van der Waals surface area contributed by atoms with Gasteiger partial charge >= 0.3 is 5.97 Å². The number of esters is 1. The second kappa shape index (κ2) is 6.16. The van der Waals surface area contributed by atoms with E-state index < -0.39 is 5.60 Å². The summed E-state index contributed by atoms with van der Waals surface area (Å²) in [7, 11) is 0.